The van der Waals surface area contributed by atoms with E-state index in [4.69, 9.17) is 11.6 Å². The van der Waals surface area contributed by atoms with Crippen LogP contribution in [-0.4, -0.2) is 10.8 Å². The molecule has 0 aliphatic carbocycles. The van der Waals surface area contributed by atoms with Gasteiger partial charge in [0.15, 0.2) is 5.78 Å². The summed E-state index contributed by atoms with van der Waals surface area (Å²) in [4.78, 5) is 15.2. The quantitative estimate of drug-likeness (QED) is 0.700. The Labute approximate surface area is 118 Å². The number of hydrogen-bond donors (Lipinski definition) is 1. The third-order valence-electron chi connectivity index (χ3n) is 3.03. The molecule has 0 unspecified atom stereocenters. The van der Waals surface area contributed by atoms with Crippen molar-refractivity contribution in [2.45, 2.75) is 0 Å². The lowest BCUT2D eigenvalue weighted by Crippen LogP contribution is -2.01. The maximum atomic E-state index is 13.2. The zero-order chi connectivity index (χ0) is 14.3. The van der Waals surface area contributed by atoms with Gasteiger partial charge in [0.25, 0.3) is 0 Å². The maximum Gasteiger partial charge on any atom is 0.195 e. The molecule has 1 heterocycles. The van der Waals surface area contributed by atoms with Crippen molar-refractivity contribution in [3.63, 3.8) is 0 Å². The minimum absolute atomic E-state index is 0.0385. The van der Waals surface area contributed by atoms with Crippen LogP contribution >= 0.6 is 11.6 Å². The Kier molecular flexibility index (Phi) is 3.03. The summed E-state index contributed by atoms with van der Waals surface area (Å²) in [5.41, 5.74) is 0.908. The van der Waals surface area contributed by atoms with Crippen molar-refractivity contribution < 1.29 is 13.6 Å². The summed E-state index contributed by atoms with van der Waals surface area (Å²) in [6, 6.07) is 7.87. The number of aromatic nitrogens is 1. The van der Waals surface area contributed by atoms with Crippen molar-refractivity contribution in [3.05, 3.63) is 70.4 Å². The Bertz CT molecular complexity index is 806. The van der Waals surface area contributed by atoms with Crippen LogP contribution < -0.4 is 0 Å². The summed E-state index contributed by atoms with van der Waals surface area (Å²) < 4.78 is 26.4. The number of aromatic amines is 1. The molecule has 0 fully saturated rings. The lowest BCUT2D eigenvalue weighted by atomic mass is 10.0. The summed E-state index contributed by atoms with van der Waals surface area (Å²) in [5.74, 6) is -2.03. The second-order valence-corrected chi connectivity index (χ2v) is 4.76. The zero-order valence-corrected chi connectivity index (χ0v) is 10.8. The summed E-state index contributed by atoms with van der Waals surface area (Å²) in [7, 11) is 0. The first-order chi connectivity index (χ1) is 9.56. The van der Waals surface area contributed by atoms with E-state index in [9.17, 15) is 13.6 Å². The molecule has 2 nitrogen and oxygen atoms in total. The third kappa shape index (κ3) is 2.08. The molecule has 0 atom stereocenters. The molecular weight excluding hydrogens is 284 g/mol. The van der Waals surface area contributed by atoms with Crippen LogP contribution in [0.25, 0.3) is 10.9 Å². The van der Waals surface area contributed by atoms with Crippen LogP contribution in [-0.2, 0) is 0 Å². The number of nitrogens with one attached hydrogen (secondary N) is 1. The molecule has 0 spiro atoms. The Morgan fingerprint density at radius 1 is 1.10 bits per heavy atom. The van der Waals surface area contributed by atoms with Gasteiger partial charge in [-0.05, 0) is 18.2 Å². The smallest absolute Gasteiger partial charge is 0.195 e. The average Bonchev–Trinajstić information content (AvgIpc) is 2.82. The zero-order valence-electron chi connectivity index (χ0n) is 10.1. The molecule has 0 aliphatic heterocycles. The molecule has 100 valence electrons. The van der Waals surface area contributed by atoms with Crippen LogP contribution in [0.1, 0.15) is 15.9 Å². The molecule has 0 radical (unpaired) electrons. The normalized spacial score (nSPS) is 10.9. The number of rotatable bonds is 2. The summed E-state index contributed by atoms with van der Waals surface area (Å²) >= 11 is 6.01. The third-order valence-corrected chi connectivity index (χ3v) is 3.35. The van der Waals surface area contributed by atoms with Gasteiger partial charge >= 0.3 is 0 Å². The van der Waals surface area contributed by atoms with Gasteiger partial charge in [0.05, 0.1) is 10.5 Å². The fourth-order valence-corrected chi connectivity index (χ4v) is 2.37. The lowest BCUT2D eigenvalue weighted by Gasteiger charge is -2.01. The molecule has 1 N–H and O–H groups in total. The predicted octanol–water partition coefficient (Wildman–Crippen LogP) is 4.33. The number of hydrogen-bond acceptors (Lipinski definition) is 1. The Morgan fingerprint density at radius 2 is 1.80 bits per heavy atom. The van der Waals surface area contributed by atoms with Crippen molar-refractivity contribution >= 4 is 28.3 Å². The topological polar surface area (TPSA) is 32.9 Å². The van der Waals surface area contributed by atoms with Gasteiger partial charge in [-0.15, -0.1) is 0 Å². The van der Waals surface area contributed by atoms with Crippen molar-refractivity contribution in [2.24, 2.45) is 0 Å². The van der Waals surface area contributed by atoms with E-state index in [1.165, 1.54) is 6.20 Å². The first-order valence-electron chi connectivity index (χ1n) is 5.82. The Balaban J connectivity index is 2.15. The molecule has 1 aromatic heterocycles. The predicted molar refractivity (Wildman–Crippen MR) is 73.1 cm³/mol. The second kappa shape index (κ2) is 4.72. The highest BCUT2D eigenvalue weighted by Gasteiger charge is 2.16. The first kappa shape index (κ1) is 12.8. The van der Waals surface area contributed by atoms with Gasteiger partial charge in [-0.1, -0.05) is 23.7 Å². The Hall–Kier alpha value is -2.20. The van der Waals surface area contributed by atoms with E-state index in [1.807, 2.05) is 0 Å². The van der Waals surface area contributed by atoms with E-state index in [0.717, 1.165) is 18.2 Å². The van der Waals surface area contributed by atoms with Gasteiger partial charge in [0.1, 0.15) is 11.6 Å². The SMILES string of the molecule is O=C(c1cc(F)cc(F)c1)c1c[nH]c2c(Cl)cccc12. The minimum atomic E-state index is -0.786. The molecule has 0 amide bonds. The number of carbonyl (C=O) groups excluding carboxylic acids is 1. The number of fused-ring (bicyclic) bond motifs is 1. The molecule has 0 saturated heterocycles. The van der Waals surface area contributed by atoms with Crippen LogP contribution in [0.5, 0.6) is 0 Å². The van der Waals surface area contributed by atoms with Crippen molar-refractivity contribution in [2.75, 3.05) is 0 Å². The molecular formula is C15H8ClF2NO. The largest absolute Gasteiger partial charge is 0.359 e. The number of para-hydroxylation sites is 1. The van der Waals surface area contributed by atoms with E-state index >= 15 is 0 Å². The fourth-order valence-electron chi connectivity index (χ4n) is 2.15. The van der Waals surface area contributed by atoms with Gasteiger partial charge in [-0.3, -0.25) is 4.79 Å². The fraction of sp³-hybridized carbons (Fsp3) is 0. The number of halogens is 3. The number of ketones is 1. The Morgan fingerprint density at radius 3 is 2.50 bits per heavy atom. The van der Waals surface area contributed by atoms with E-state index in [0.29, 0.717) is 21.5 Å². The molecule has 0 aliphatic rings. The van der Waals surface area contributed by atoms with Gasteiger partial charge in [-0.25, -0.2) is 8.78 Å². The second-order valence-electron chi connectivity index (χ2n) is 4.35. The van der Waals surface area contributed by atoms with Crippen LogP contribution in [0, 0.1) is 11.6 Å². The first-order valence-corrected chi connectivity index (χ1v) is 6.20. The van der Waals surface area contributed by atoms with Crippen LogP contribution in [0.15, 0.2) is 42.6 Å². The van der Waals surface area contributed by atoms with Gasteiger partial charge in [0.2, 0.25) is 0 Å². The highest BCUT2D eigenvalue weighted by molar-refractivity contribution is 6.35. The van der Waals surface area contributed by atoms with Crippen molar-refractivity contribution in [1.29, 1.82) is 0 Å². The molecule has 0 saturated carbocycles. The minimum Gasteiger partial charge on any atom is -0.359 e. The maximum absolute atomic E-state index is 13.2. The van der Waals surface area contributed by atoms with E-state index in [-0.39, 0.29) is 5.56 Å². The van der Waals surface area contributed by atoms with Crippen LogP contribution in [0.3, 0.4) is 0 Å². The lowest BCUT2D eigenvalue weighted by molar-refractivity contribution is 0.103. The molecule has 0 bridgehead atoms. The van der Waals surface area contributed by atoms with E-state index in [1.54, 1.807) is 18.2 Å². The van der Waals surface area contributed by atoms with Gasteiger partial charge < -0.3 is 4.98 Å². The van der Waals surface area contributed by atoms with Crippen molar-refractivity contribution in [1.82, 2.24) is 4.98 Å². The van der Waals surface area contributed by atoms with E-state index in [2.05, 4.69) is 4.98 Å². The molecule has 5 heteroatoms. The molecule has 2 aromatic carbocycles. The summed E-state index contributed by atoms with van der Waals surface area (Å²) in [6.45, 7) is 0. The van der Waals surface area contributed by atoms with Crippen molar-refractivity contribution in [3.8, 4) is 0 Å². The standard InChI is InChI=1S/C15H8ClF2NO/c16-13-3-1-2-11-12(7-19-14(11)13)15(20)8-4-9(17)6-10(18)5-8/h1-7,19H. The number of H-pyrrole nitrogens is 1. The highest BCUT2D eigenvalue weighted by Crippen LogP contribution is 2.27. The number of carbonyl (C=O) groups is 1. The molecule has 3 aromatic rings. The summed E-state index contributed by atoms with van der Waals surface area (Å²) in [5, 5.41) is 1.10. The average molecular weight is 292 g/mol. The van der Waals surface area contributed by atoms with Crippen LogP contribution in [0.2, 0.25) is 5.02 Å². The van der Waals surface area contributed by atoms with Crippen LogP contribution in [0.4, 0.5) is 8.78 Å². The molecule has 20 heavy (non-hydrogen) atoms. The monoisotopic (exact) mass is 291 g/mol. The van der Waals surface area contributed by atoms with Gasteiger partial charge in [0, 0.05) is 28.8 Å². The number of benzene rings is 2. The van der Waals surface area contributed by atoms with Gasteiger partial charge in [-0.2, -0.15) is 0 Å². The summed E-state index contributed by atoms with van der Waals surface area (Å²) in [6.07, 6.45) is 1.49. The van der Waals surface area contributed by atoms with E-state index < -0.39 is 17.4 Å². The highest BCUT2D eigenvalue weighted by atomic mass is 35.5. The molecule has 3 rings (SSSR count).